The molecule has 2 N–H and O–H groups in total. The molecule has 1 saturated carbocycles. The summed E-state index contributed by atoms with van der Waals surface area (Å²) in [6.45, 7) is 2.62. The number of halogens is 1. The molecule has 2 unspecified atom stereocenters. The largest absolute Gasteiger partial charge is 0.490 e. The molecule has 1 aliphatic carbocycles. The van der Waals surface area contributed by atoms with Crippen LogP contribution in [-0.4, -0.2) is 24.2 Å². The molecule has 0 aromatic heterocycles. The molecule has 0 bridgehead atoms. The Kier molecular flexibility index (Phi) is 7.50. The Morgan fingerprint density at radius 3 is 2.89 bits per heavy atom. The van der Waals surface area contributed by atoms with Crippen LogP contribution in [0.2, 0.25) is 0 Å². The topological polar surface area (TPSA) is 67.4 Å². The summed E-state index contributed by atoms with van der Waals surface area (Å²) in [6, 6.07) is 5.06. The summed E-state index contributed by atoms with van der Waals surface area (Å²) in [5.41, 5.74) is 0.979. The van der Waals surface area contributed by atoms with E-state index in [1.807, 2.05) is 19.1 Å². The van der Waals surface area contributed by atoms with Crippen LogP contribution in [0, 0.1) is 17.7 Å². The number of rotatable bonds is 10. The maximum absolute atomic E-state index is 13.9. The van der Waals surface area contributed by atoms with E-state index >= 15 is 0 Å². The summed E-state index contributed by atoms with van der Waals surface area (Å²) in [4.78, 5) is 22.8. The van der Waals surface area contributed by atoms with Gasteiger partial charge in [0.05, 0.1) is 6.61 Å². The van der Waals surface area contributed by atoms with Gasteiger partial charge in [-0.1, -0.05) is 30.2 Å². The van der Waals surface area contributed by atoms with Crippen molar-refractivity contribution in [2.24, 2.45) is 11.8 Å². The van der Waals surface area contributed by atoms with Gasteiger partial charge >= 0.3 is 0 Å². The van der Waals surface area contributed by atoms with Crippen molar-refractivity contribution in [1.82, 2.24) is 10.0 Å². The Labute approximate surface area is 169 Å². The quantitative estimate of drug-likeness (QED) is 0.267. The van der Waals surface area contributed by atoms with Crippen LogP contribution in [0.1, 0.15) is 50.6 Å². The average Bonchev–Trinajstić information content (AvgIpc) is 3.49. The predicted molar refractivity (Wildman–Crippen MR) is 108 cm³/mol. The maximum atomic E-state index is 13.9. The highest BCUT2D eigenvalue weighted by molar-refractivity contribution is 7.97. The van der Waals surface area contributed by atoms with Crippen molar-refractivity contribution in [3.8, 4) is 5.75 Å². The Hall–Kier alpha value is -1.86. The molecule has 5 nitrogen and oxygen atoms in total. The highest BCUT2D eigenvalue weighted by atomic mass is 32.2. The van der Waals surface area contributed by atoms with Crippen molar-refractivity contribution in [3.63, 3.8) is 0 Å². The molecule has 28 heavy (non-hydrogen) atoms. The number of carbonyl (C=O) groups is 2. The molecule has 0 spiro atoms. The van der Waals surface area contributed by atoms with Gasteiger partial charge in [0.2, 0.25) is 11.8 Å². The summed E-state index contributed by atoms with van der Waals surface area (Å²) < 4.78 is 22.8. The second-order valence-corrected chi connectivity index (χ2v) is 8.31. The first-order valence-corrected chi connectivity index (χ1v) is 10.8. The lowest BCUT2D eigenvalue weighted by atomic mass is 9.95. The fourth-order valence-corrected chi connectivity index (χ4v) is 3.69. The molecule has 2 atom stereocenters. The number of ether oxygens (including phenoxy) is 1. The number of benzene rings is 1. The summed E-state index contributed by atoms with van der Waals surface area (Å²) in [7, 11) is 0. The monoisotopic (exact) mass is 406 g/mol. The smallest absolute Gasteiger partial charge is 0.229 e. The van der Waals surface area contributed by atoms with Crippen LogP contribution < -0.4 is 14.8 Å². The summed E-state index contributed by atoms with van der Waals surface area (Å²) in [5.74, 6) is 0.884. The number of piperidine rings is 1. The highest BCUT2D eigenvalue weighted by Gasteiger charge is 2.25. The minimum atomic E-state index is -0.319. The van der Waals surface area contributed by atoms with Crippen LogP contribution in [0.25, 0.3) is 0 Å². The van der Waals surface area contributed by atoms with Crippen molar-refractivity contribution in [2.45, 2.75) is 45.1 Å². The Morgan fingerprint density at radius 1 is 1.32 bits per heavy atom. The number of amides is 2. The normalized spacial score (nSPS) is 21.0. The number of hydrogen-bond acceptors (Lipinski definition) is 5. The van der Waals surface area contributed by atoms with Crippen LogP contribution in [-0.2, 0) is 9.59 Å². The molecule has 2 aliphatic rings. The van der Waals surface area contributed by atoms with E-state index in [0.29, 0.717) is 37.5 Å². The van der Waals surface area contributed by atoms with E-state index < -0.39 is 0 Å². The van der Waals surface area contributed by atoms with E-state index in [1.165, 1.54) is 18.9 Å². The molecule has 1 heterocycles. The van der Waals surface area contributed by atoms with E-state index in [9.17, 15) is 14.0 Å². The SMILES string of the molecule is CC(NSC/C=C/CC1CCC(=O)NC1=O)c1ccc(F)c(OCC2CC2)c1. The maximum Gasteiger partial charge on any atom is 0.229 e. The zero-order chi connectivity index (χ0) is 19.9. The van der Waals surface area contributed by atoms with Crippen molar-refractivity contribution < 1.29 is 18.7 Å². The Balaban J connectivity index is 1.37. The minimum Gasteiger partial charge on any atom is -0.490 e. The van der Waals surface area contributed by atoms with Gasteiger partial charge in [0.1, 0.15) is 0 Å². The van der Waals surface area contributed by atoms with Crippen LogP contribution in [0.5, 0.6) is 5.75 Å². The molecule has 1 saturated heterocycles. The van der Waals surface area contributed by atoms with E-state index in [4.69, 9.17) is 4.74 Å². The number of hydrogen-bond donors (Lipinski definition) is 2. The van der Waals surface area contributed by atoms with Crippen molar-refractivity contribution in [1.29, 1.82) is 0 Å². The molecule has 7 heteroatoms. The van der Waals surface area contributed by atoms with Crippen molar-refractivity contribution in [2.75, 3.05) is 12.4 Å². The Bertz CT molecular complexity index is 736. The fourth-order valence-electron chi connectivity index (χ4n) is 2.97. The van der Waals surface area contributed by atoms with Crippen LogP contribution in [0.4, 0.5) is 4.39 Å². The number of nitrogens with one attached hydrogen (secondary N) is 2. The predicted octanol–water partition coefficient (Wildman–Crippen LogP) is 3.91. The molecule has 152 valence electrons. The van der Waals surface area contributed by atoms with Gasteiger partial charge in [0, 0.05) is 24.1 Å². The molecular weight excluding hydrogens is 379 g/mol. The molecule has 1 aliphatic heterocycles. The molecule has 2 amide bonds. The lowest BCUT2D eigenvalue weighted by Gasteiger charge is -2.19. The van der Waals surface area contributed by atoms with Gasteiger partial charge in [-0.2, -0.15) is 0 Å². The minimum absolute atomic E-state index is 0.0532. The molecule has 1 aromatic carbocycles. The fraction of sp³-hybridized carbons (Fsp3) is 0.524. The molecule has 3 rings (SSSR count). The van der Waals surface area contributed by atoms with Crippen LogP contribution in [0.15, 0.2) is 30.4 Å². The lowest BCUT2D eigenvalue weighted by molar-refractivity contribution is -0.136. The first-order chi connectivity index (χ1) is 13.5. The van der Waals surface area contributed by atoms with Gasteiger partial charge in [0.25, 0.3) is 0 Å². The third-order valence-electron chi connectivity index (χ3n) is 5.01. The van der Waals surface area contributed by atoms with Gasteiger partial charge in [-0.25, -0.2) is 4.39 Å². The van der Waals surface area contributed by atoms with E-state index in [2.05, 4.69) is 10.0 Å². The summed E-state index contributed by atoms with van der Waals surface area (Å²) in [5, 5.41) is 2.38. The second-order valence-electron chi connectivity index (χ2n) is 7.45. The average molecular weight is 407 g/mol. The van der Waals surface area contributed by atoms with Gasteiger partial charge in [-0.15, -0.1) is 0 Å². The van der Waals surface area contributed by atoms with Gasteiger partial charge in [-0.3, -0.25) is 19.6 Å². The van der Waals surface area contributed by atoms with Crippen molar-refractivity contribution >= 4 is 23.8 Å². The zero-order valence-electron chi connectivity index (χ0n) is 16.1. The highest BCUT2D eigenvalue weighted by Crippen LogP contribution is 2.31. The van der Waals surface area contributed by atoms with Gasteiger partial charge in [-0.05, 0) is 56.2 Å². The van der Waals surface area contributed by atoms with Gasteiger partial charge in [0.15, 0.2) is 11.6 Å². The lowest BCUT2D eigenvalue weighted by Crippen LogP contribution is -2.40. The van der Waals surface area contributed by atoms with E-state index in [-0.39, 0.29) is 29.6 Å². The molecule has 1 aromatic rings. The first-order valence-electron chi connectivity index (χ1n) is 9.81. The number of allylic oxidation sites excluding steroid dienone is 1. The molecule has 2 fully saturated rings. The Morgan fingerprint density at radius 2 is 2.14 bits per heavy atom. The van der Waals surface area contributed by atoms with Crippen molar-refractivity contribution in [3.05, 3.63) is 41.7 Å². The first kappa shape index (κ1) is 20.9. The number of imide groups is 1. The second kappa shape index (κ2) is 10.1. The third-order valence-corrected chi connectivity index (χ3v) is 5.89. The van der Waals surface area contributed by atoms with Crippen LogP contribution in [0.3, 0.4) is 0 Å². The standard InChI is InChI=1S/C21H27FN2O3S/c1-14(17-7-9-18(22)19(12-17)27-13-15-5-6-15)24-28-11-3-2-4-16-8-10-20(25)23-21(16)26/h2-3,7,9,12,14-16,24H,4-6,8,10-11,13H2,1H3,(H,23,25,26)/b3-2+. The summed E-state index contributed by atoms with van der Waals surface area (Å²) >= 11 is 1.56. The van der Waals surface area contributed by atoms with Gasteiger partial charge < -0.3 is 4.74 Å². The summed E-state index contributed by atoms with van der Waals surface area (Å²) in [6.07, 6.45) is 8.04. The van der Waals surface area contributed by atoms with E-state index in [0.717, 1.165) is 11.3 Å². The zero-order valence-corrected chi connectivity index (χ0v) is 16.9. The van der Waals surface area contributed by atoms with E-state index in [1.54, 1.807) is 24.1 Å². The number of carbonyl (C=O) groups excluding carboxylic acids is 2. The van der Waals surface area contributed by atoms with Crippen LogP contribution >= 0.6 is 11.9 Å². The third kappa shape index (κ3) is 6.34. The molecular formula is C21H27FN2O3S. The molecule has 0 radical (unpaired) electrons.